The average molecular weight is 203 g/mol. The van der Waals surface area contributed by atoms with E-state index in [-0.39, 0.29) is 11.8 Å². The molecular formula is C13H17NO. The number of hydrogen-bond acceptors (Lipinski definition) is 1. The maximum Gasteiger partial charge on any atom is 0.226 e. The summed E-state index contributed by atoms with van der Waals surface area (Å²) in [6, 6.07) is 8.36. The molecule has 1 aromatic carbocycles. The number of carbonyl (C=O) groups is 1. The number of rotatable bonds is 0. The Morgan fingerprint density at radius 3 is 2.60 bits per heavy atom. The first-order valence-corrected chi connectivity index (χ1v) is 5.44. The summed E-state index contributed by atoms with van der Waals surface area (Å²) < 4.78 is 0. The molecule has 0 saturated heterocycles. The molecule has 2 unspecified atom stereocenters. The maximum atomic E-state index is 11.9. The summed E-state index contributed by atoms with van der Waals surface area (Å²) in [5.74, 6) is 0.649. The van der Waals surface area contributed by atoms with Crippen molar-refractivity contribution in [2.75, 3.05) is 7.05 Å². The zero-order valence-corrected chi connectivity index (χ0v) is 9.53. The van der Waals surface area contributed by atoms with Crippen molar-refractivity contribution in [1.82, 2.24) is 4.90 Å². The zero-order chi connectivity index (χ0) is 11.0. The highest BCUT2D eigenvalue weighted by Gasteiger charge is 2.29. The zero-order valence-electron chi connectivity index (χ0n) is 9.53. The Morgan fingerprint density at radius 2 is 1.87 bits per heavy atom. The van der Waals surface area contributed by atoms with Crippen LogP contribution in [0.15, 0.2) is 24.3 Å². The summed E-state index contributed by atoms with van der Waals surface area (Å²) in [5.41, 5.74) is 2.60. The Balaban J connectivity index is 2.48. The van der Waals surface area contributed by atoms with Crippen LogP contribution in [0.4, 0.5) is 0 Å². The lowest BCUT2D eigenvalue weighted by Crippen LogP contribution is -2.30. The van der Waals surface area contributed by atoms with Gasteiger partial charge in [0.25, 0.3) is 0 Å². The van der Waals surface area contributed by atoms with E-state index in [1.807, 2.05) is 24.9 Å². The van der Waals surface area contributed by atoms with E-state index in [2.05, 4.69) is 25.1 Å². The van der Waals surface area contributed by atoms with Gasteiger partial charge in [0.1, 0.15) is 0 Å². The molecule has 0 fully saturated rings. The van der Waals surface area contributed by atoms with Crippen molar-refractivity contribution < 1.29 is 4.79 Å². The van der Waals surface area contributed by atoms with E-state index in [1.54, 1.807) is 0 Å². The molecule has 1 amide bonds. The van der Waals surface area contributed by atoms with Gasteiger partial charge in [-0.2, -0.15) is 0 Å². The van der Waals surface area contributed by atoms with Gasteiger partial charge in [-0.3, -0.25) is 4.79 Å². The van der Waals surface area contributed by atoms with Gasteiger partial charge in [0.2, 0.25) is 5.91 Å². The lowest BCUT2D eigenvalue weighted by Gasteiger charge is -2.19. The Bertz CT molecular complexity index is 386. The second-order valence-electron chi connectivity index (χ2n) is 4.47. The molecule has 2 atom stereocenters. The van der Waals surface area contributed by atoms with E-state index in [4.69, 9.17) is 0 Å². The van der Waals surface area contributed by atoms with Crippen molar-refractivity contribution >= 4 is 5.91 Å². The third-order valence-electron chi connectivity index (χ3n) is 3.47. The smallest absolute Gasteiger partial charge is 0.226 e. The molecule has 1 aliphatic rings. The third kappa shape index (κ3) is 1.65. The second kappa shape index (κ2) is 3.69. The summed E-state index contributed by atoms with van der Waals surface area (Å²) >= 11 is 0. The van der Waals surface area contributed by atoms with Crippen molar-refractivity contribution in [3.63, 3.8) is 0 Å². The lowest BCUT2D eigenvalue weighted by atomic mass is 9.87. The van der Waals surface area contributed by atoms with Crippen LogP contribution in [0.2, 0.25) is 0 Å². The maximum absolute atomic E-state index is 11.9. The minimum Gasteiger partial charge on any atom is -0.341 e. The molecule has 15 heavy (non-hydrogen) atoms. The summed E-state index contributed by atoms with van der Waals surface area (Å²) in [4.78, 5) is 13.8. The van der Waals surface area contributed by atoms with Gasteiger partial charge in [-0.25, -0.2) is 0 Å². The Kier molecular flexibility index (Phi) is 2.51. The SMILES string of the molecule is CC1C(=O)N(C)Cc2ccccc2C1C. The standard InChI is InChI=1S/C13H17NO/c1-9-10(2)13(15)14(3)8-11-6-4-5-7-12(9)11/h4-7,9-10H,8H2,1-3H3. The predicted molar refractivity (Wildman–Crippen MR) is 60.5 cm³/mol. The quantitative estimate of drug-likeness (QED) is 0.634. The molecule has 1 heterocycles. The molecule has 1 aromatic rings. The summed E-state index contributed by atoms with van der Waals surface area (Å²) in [7, 11) is 1.88. The molecule has 80 valence electrons. The van der Waals surface area contributed by atoms with Crippen molar-refractivity contribution in [2.45, 2.75) is 26.3 Å². The van der Waals surface area contributed by atoms with Gasteiger partial charge >= 0.3 is 0 Å². The molecule has 2 rings (SSSR count). The van der Waals surface area contributed by atoms with Gasteiger partial charge in [0, 0.05) is 19.5 Å². The fourth-order valence-electron chi connectivity index (χ4n) is 2.29. The first-order chi connectivity index (χ1) is 7.11. The van der Waals surface area contributed by atoms with Crippen LogP contribution in [0.3, 0.4) is 0 Å². The Hall–Kier alpha value is -1.31. The third-order valence-corrected chi connectivity index (χ3v) is 3.47. The van der Waals surface area contributed by atoms with Crippen LogP contribution in [0.1, 0.15) is 30.9 Å². The minimum absolute atomic E-state index is 0.0821. The summed E-state index contributed by atoms with van der Waals surface area (Å²) in [5, 5.41) is 0. The number of nitrogens with zero attached hydrogens (tertiary/aromatic N) is 1. The first-order valence-electron chi connectivity index (χ1n) is 5.44. The monoisotopic (exact) mass is 203 g/mol. The van der Waals surface area contributed by atoms with Crippen LogP contribution in [0.25, 0.3) is 0 Å². The summed E-state index contributed by atoms with van der Waals surface area (Å²) in [6.45, 7) is 4.90. The van der Waals surface area contributed by atoms with E-state index in [0.29, 0.717) is 5.92 Å². The van der Waals surface area contributed by atoms with E-state index >= 15 is 0 Å². The van der Waals surface area contributed by atoms with Crippen LogP contribution < -0.4 is 0 Å². The van der Waals surface area contributed by atoms with Gasteiger partial charge in [0.05, 0.1) is 0 Å². The molecule has 1 aliphatic heterocycles. The average Bonchev–Trinajstić information content (AvgIpc) is 2.32. The largest absolute Gasteiger partial charge is 0.341 e. The number of fused-ring (bicyclic) bond motifs is 1. The predicted octanol–water partition coefficient (Wildman–Crippen LogP) is 2.40. The van der Waals surface area contributed by atoms with E-state index in [9.17, 15) is 4.79 Å². The number of amides is 1. The molecular weight excluding hydrogens is 186 g/mol. The lowest BCUT2D eigenvalue weighted by molar-refractivity contribution is -0.134. The normalized spacial score (nSPS) is 26.1. The highest BCUT2D eigenvalue weighted by Crippen LogP contribution is 2.31. The fraction of sp³-hybridized carbons (Fsp3) is 0.462. The molecule has 0 aromatic heterocycles. The molecule has 0 radical (unpaired) electrons. The second-order valence-corrected chi connectivity index (χ2v) is 4.47. The van der Waals surface area contributed by atoms with Crippen LogP contribution in [-0.4, -0.2) is 17.9 Å². The van der Waals surface area contributed by atoms with Gasteiger partial charge < -0.3 is 4.90 Å². The van der Waals surface area contributed by atoms with E-state index in [1.165, 1.54) is 11.1 Å². The summed E-state index contributed by atoms with van der Waals surface area (Å²) in [6.07, 6.45) is 0. The van der Waals surface area contributed by atoms with Crippen LogP contribution in [0, 0.1) is 5.92 Å². The van der Waals surface area contributed by atoms with Crippen molar-refractivity contribution in [3.05, 3.63) is 35.4 Å². The van der Waals surface area contributed by atoms with Crippen LogP contribution in [-0.2, 0) is 11.3 Å². The Morgan fingerprint density at radius 1 is 1.20 bits per heavy atom. The molecule has 0 N–H and O–H groups in total. The van der Waals surface area contributed by atoms with Gasteiger partial charge in [-0.05, 0) is 17.0 Å². The van der Waals surface area contributed by atoms with E-state index < -0.39 is 0 Å². The molecule has 0 spiro atoms. The van der Waals surface area contributed by atoms with Gasteiger partial charge in [-0.15, -0.1) is 0 Å². The molecule has 2 heteroatoms. The topological polar surface area (TPSA) is 20.3 Å². The minimum atomic E-state index is 0.0821. The number of benzene rings is 1. The highest BCUT2D eigenvalue weighted by molar-refractivity contribution is 5.80. The van der Waals surface area contributed by atoms with E-state index in [0.717, 1.165) is 6.54 Å². The van der Waals surface area contributed by atoms with Gasteiger partial charge in [-0.1, -0.05) is 38.1 Å². The van der Waals surface area contributed by atoms with Gasteiger partial charge in [0.15, 0.2) is 0 Å². The number of hydrogen-bond donors (Lipinski definition) is 0. The highest BCUT2D eigenvalue weighted by atomic mass is 16.2. The molecule has 0 bridgehead atoms. The molecule has 0 aliphatic carbocycles. The first kappa shape index (κ1) is 10.2. The number of carbonyl (C=O) groups excluding carboxylic acids is 1. The van der Waals surface area contributed by atoms with Crippen molar-refractivity contribution in [1.29, 1.82) is 0 Å². The molecule has 2 nitrogen and oxygen atoms in total. The van der Waals surface area contributed by atoms with Crippen molar-refractivity contribution in [3.8, 4) is 0 Å². The van der Waals surface area contributed by atoms with Crippen LogP contribution in [0.5, 0.6) is 0 Å². The fourth-order valence-corrected chi connectivity index (χ4v) is 2.29. The van der Waals surface area contributed by atoms with Crippen LogP contribution >= 0.6 is 0 Å². The Labute approximate surface area is 90.9 Å². The molecule has 0 saturated carbocycles. The van der Waals surface area contributed by atoms with Crippen molar-refractivity contribution in [2.24, 2.45) is 5.92 Å².